The second kappa shape index (κ2) is 11.3. The Labute approximate surface area is 200 Å². The highest BCUT2D eigenvalue weighted by atomic mass is 19.1. The van der Waals surface area contributed by atoms with E-state index in [4.69, 9.17) is 9.47 Å². The van der Waals surface area contributed by atoms with Crippen molar-refractivity contribution in [2.45, 2.75) is 26.0 Å². The molecular weight excluding hydrogens is 439 g/mol. The van der Waals surface area contributed by atoms with Crippen LogP contribution in [-0.2, 0) is 4.74 Å². The third-order valence-electron chi connectivity index (χ3n) is 6.10. The van der Waals surface area contributed by atoms with Gasteiger partial charge in [0.15, 0.2) is 0 Å². The molecule has 0 saturated carbocycles. The van der Waals surface area contributed by atoms with Gasteiger partial charge in [-0.15, -0.1) is 0 Å². The van der Waals surface area contributed by atoms with Gasteiger partial charge in [-0.2, -0.15) is 0 Å². The lowest BCUT2D eigenvalue weighted by Gasteiger charge is -2.34. The predicted molar refractivity (Wildman–Crippen MR) is 130 cm³/mol. The van der Waals surface area contributed by atoms with Crippen LogP contribution in [0.2, 0.25) is 0 Å². The number of rotatable bonds is 3. The van der Waals surface area contributed by atoms with E-state index in [2.05, 4.69) is 29.4 Å². The highest BCUT2D eigenvalue weighted by Gasteiger charge is 2.27. The maximum Gasteiger partial charge on any atom is 0.323 e. The Morgan fingerprint density at radius 2 is 1.79 bits per heavy atom. The average Bonchev–Trinajstić information content (AvgIpc) is 2.79. The minimum Gasteiger partial charge on any atom is -0.491 e. The van der Waals surface area contributed by atoms with Crippen LogP contribution in [0.4, 0.5) is 20.6 Å². The van der Waals surface area contributed by atoms with Crippen LogP contribution in [0.3, 0.4) is 0 Å². The summed E-state index contributed by atoms with van der Waals surface area (Å²) in [6.07, 6.45) is -0.134. The van der Waals surface area contributed by atoms with Crippen LogP contribution in [0.25, 0.3) is 0 Å². The Morgan fingerprint density at radius 1 is 1.09 bits per heavy atom. The maximum absolute atomic E-state index is 13.4. The number of methoxy groups -OCH3 is 1. The van der Waals surface area contributed by atoms with Crippen LogP contribution in [0, 0.1) is 11.7 Å². The molecule has 3 amide bonds. The molecule has 184 valence electrons. The van der Waals surface area contributed by atoms with Crippen LogP contribution < -0.4 is 15.4 Å². The number of hydrogen-bond donors (Lipinski definition) is 2. The number of anilines is 2. The van der Waals surface area contributed by atoms with E-state index in [1.165, 1.54) is 18.2 Å². The van der Waals surface area contributed by atoms with Gasteiger partial charge in [0.05, 0.1) is 11.7 Å². The lowest BCUT2D eigenvalue weighted by atomic mass is 10.0. The summed E-state index contributed by atoms with van der Waals surface area (Å²) in [4.78, 5) is 29.6. The first-order valence-corrected chi connectivity index (χ1v) is 11.3. The molecule has 0 unspecified atom stereocenters. The van der Waals surface area contributed by atoms with Crippen molar-refractivity contribution in [1.82, 2.24) is 9.80 Å². The molecule has 0 saturated heterocycles. The van der Waals surface area contributed by atoms with Crippen LogP contribution in [0.5, 0.6) is 5.75 Å². The number of hydrogen-bond acceptors (Lipinski definition) is 5. The van der Waals surface area contributed by atoms with Gasteiger partial charge >= 0.3 is 6.03 Å². The lowest BCUT2D eigenvalue weighted by molar-refractivity contribution is 0.0150. The first-order chi connectivity index (χ1) is 16.2. The second-order valence-corrected chi connectivity index (χ2v) is 8.84. The number of ether oxygens (including phenoxy) is 2. The molecule has 0 fully saturated rings. The third-order valence-corrected chi connectivity index (χ3v) is 6.10. The number of carbonyl (C=O) groups is 2. The molecule has 0 aromatic heterocycles. The van der Waals surface area contributed by atoms with Gasteiger partial charge < -0.3 is 25.0 Å². The van der Waals surface area contributed by atoms with E-state index < -0.39 is 11.8 Å². The summed E-state index contributed by atoms with van der Waals surface area (Å²) in [5.74, 6) is -0.0474. The van der Waals surface area contributed by atoms with E-state index in [9.17, 15) is 14.0 Å². The van der Waals surface area contributed by atoms with E-state index in [1.807, 2.05) is 7.05 Å². The molecule has 1 heterocycles. The van der Waals surface area contributed by atoms with Crippen LogP contribution in [0.15, 0.2) is 42.5 Å². The normalized spacial score (nSPS) is 22.1. The van der Waals surface area contributed by atoms with Crippen molar-refractivity contribution in [3.8, 4) is 5.75 Å². The number of carbonyl (C=O) groups excluding carboxylic acids is 2. The molecule has 3 atom stereocenters. The largest absolute Gasteiger partial charge is 0.491 e. The quantitative estimate of drug-likeness (QED) is 0.708. The van der Waals surface area contributed by atoms with Gasteiger partial charge in [-0.3, -0.25) is 9.69 Å². The molecule has 9 heteroatoms. The number of urea groups is 1. The van der Waals surface area contributed by atoms with Gasteiger partial charge in [-0.1, -0.05) is 13.0 Å². The van der Waals surface area contributed by atoms with E-state index >= 15 is 0 Å². The molecule has 3 rings (SSSR count). The second-order valence-electron chi connectivity index (χ2n) is 8.84. The summed E-state index contributed by atoms with van der Waals surface area (Å²) < 4.78 is 25.1. The molecule has 0 bridgehead atoms. The van der Waals surface area contributed by atoms with Gasteiger partial charge in [0.2, 0.25) is 0 Å². The summed E-state index contributed by atoms with van der Waals surface area (Å²) in [5, 5.41) is 5.27. The zero-order valence-electron chi connectivity index (χ0n) is 20.3. The smallest absolute Gasteiger partial charge is 0.323 e. The van der Waals surface area contributed by atoms with E-state index in [-0.39, 0.29) is 24.0 Å². The van der Waals surface area contributed by atoms with Crippen molar-refractivity contribution >= 4 is 23.3 Å². The van der Waals surface area contributed by atoms with E-state index in [0.717, 1.165) is 6.54 Å². The molecule has 2 aromatic rings. The number of amides is 3. The third kappa shape index (κ3) is 6.45. The van der Waals surface area contributed by atoms with Crippen molar-refractivity contribution in [1.29, 1.82) is 0 Å². The Morgan fingerprint density at radius 3 is 2.47 bits per heavy atom. The summed E-state index contributed by atoms with van der Waals surface area (Å²) in [6, 6.07) is 10.1. The number of likely N-dealkylation sites (N-methyl/N-ethyl adjacent to an activating group) is 2. The lowest BCUT2D eigenvalue weighted by Crippen LogP contribution is -2.45. The fraction of sp³-hybridized carbons (Fsp3) is 0.440. The molecule has 34 heavy (non-hydrogen) atoms. The Balaban J connectivity index is 1.85. The number of fused-ring (bicyclic) bond motifs is 1. The van der Waals surface area contributed by atoms with E-state index in [1.54, 1.807) is 43.3 Å². The molecular formula is C25H33FN4O4. The molecule has 1 aliphatic heterocycles. The van der Waals surface area contributed by atoms with Crippen molar-refractivity contribution in [2.75, 3.05) is 51.5 Å². The molecule has 2 N–H and O–H groups in total. The van der Waals surface area contributed by atoms with Crippen molar-refractivity contribution in [3.05, 3.63) is 53.8 Å². The zero-order chi connectivity index (χ0) is 24.8. The fourth-order valence-corrected chi connectivity index (χ4v) is 3.90. The molecule has 2 aromatic carbocycles. The minimum atomic E-state index is -0.552. The first-order valence-electron chi connectivity index (χ1n) is 11.3. The van der Waals surface area contributed by atoms with Crippen LogP contribution >= 0.6 is 0 Å². The minimum absolute atomic E-state index is 0.120. The first kappa shape index (κ1) is 25.5. The Kier molecular flexibility index (Phi) is 8.46. The summed E-state index contributed by atoms with van der Waals surface area (Å²) in [6.45, 7) is 5.80. The number of halogens is 1. The summed E-state index contributed by atoms with van der Waals surface area (Å²) in [5.41, 5.74) is 1.07. The Hall–Kier alpha value is -3.17. The molecule has 1 aliphatic rings. The van der Waals surface area contributed by atoms with Crippen molar-refractivity contribution < 1.29 is 23.5 Å². The highest BCUT2D eigenvalue weighted by Crippen LogP contribution is 2.26. The van der Waals surface area contributed by atoms with Gasteiger partial charge in [0, 0.05) is 44.7 Å². The summed E-state index contributed by atoms with van der Waals surface area (Å²) >= 11 is 0. The van der Waals surface area contributed by atoms with Crippen molar-refractivity contribution in [3.63, 3.8) is 0 Å². The van der Waals surface area contributed by atoms with Gasteiger partial charge in [-0.05, 0) is 56.3 Å². The molecule has 0 spiro atoms. The van der Waals surface area contributed by atoms with Gasteiger partial charge in [0.1, 0.15) is 18.2 Å². The number of benzene rings is 2. The average molecular weight is 473 g/mol. The van der Waals surface area contributed by atoms with Crippen LogP contribution in [-0.4, -0.2) is 74.8 Å². The van der Waals surface area contributed by atoms with Gasteiger partial charge in [0.25, 0.3) is 5.91 Å². The number of nitrogens with zero attached hydrogens (tertiary/aromatic N) is 2. The fourth-order valence-electron chi connectivity index (χ4n) is 3.90. The highest BCUT2D eigenvalue weighted by molar-refractivity contribution is 6.02. The molecule has 0 radical (unpaired) electrons. The molecule has 8 nitrogen and oxygen atoms in total. The standard InChI is InChI=1S/C25H33FN4O4/c1-16-13-29(3)17(2)15-34-22-10-9-20(12-21(22)24(31)30(4)14-23(16)33-5)28-25(32)27-19-8-6-7-18(26)11-19/h6-12,16-17,23H,13-15H2,1-5H3,(H2,27,28,32)/t16-,17-,23+/m0/s1. The molecule has 0 aliphatic carbocycles. The SMILES string of the molecule is CO[C@@H]1CN(C)C(=O)c2cc(NC(=O)Nc3cccc(F)c3)ccc2OC[C@H](C)N(C)C[C@@H]1C. The van der Waals surface area contributed by atoms with Crippen LogP contribution in [0.1, 0.15) is 24.2 Å². The zero-order valence-corrected chi connectivity index (χ0v) is 20.3. The topological polar surface area (TPSA) is 83.1 Å². The summed E-state index contributed by atoms with van der Waals surface area (Å²) in [7, 11) is 5.42. The van der Waals surface area contributed by atoms with Crippen molar-refractivity contribution in [2.24, 2.45) is 5.92 Å². The number of nitrogens with one attached hydrogen (secondary N) is 2. The predicted octanol–water partition coefficient (Wildman–Crippen LogP) is 3.91. The Bertz CT molecular complexity index is 1020. The van der Waals surface area contributed by atoms with Gasteiger partial charge in [-0.25, -0.2) is 9.18 Å². The maximum atomic E-state index is 13.4. The monoisotopic (exact) mass is 472 g/mol. The van der Waals surface area contributed by atoms with E-state index in [0.29, 0.717) is 35.8 Å².